The van der Waals surface area contributed by atoms with Gasteiger partial charge in [0.1, 0.15) is 12.7 Å². The Morgan fingerprint density at radius 1 is 0.742 bits per heavy atom. The number of rotatable bonds is 22. The Bertz CT molecular complexity index is 426. The molecule has 0 aromatic heterocycles. The molecule has 0 saturated carbocycles. The van der Waals surface area contributed by atoms with Gasteiger partial charge in [0.05, 0.1) is 6.61 Å². The van der Waals surface area contributed by atoms with Crippen molar-refractivity contribution in [3.63, 3.8) is 0 Å². The normalized spacial score (nSPS) is 13.0. The van der Waals surface area contributed by atoms with Crippen LogP contribution in [0, 0.1) is 0 Å². The molecule has 0 heterocycles. The van der Waals surface area contributed by atoms with Crippen molar-refractivity contribution < 1.29 is 29.3 Å². The lowest BCUT2D eigenvalue weighted by Crippen LogP contribution is -2.32. The van der Waals surface area contributed by atoms with E-state index in [9.17, 15) is 14.7 Å². The van der Waals surface area contributed by atoms with E-state index in [4.69, 9.17) is 14.6 Å². The van der Waals surface area contributed by atoms with E-state index >= 15 is 0 Å². The van der Waals surface area contributed by atoms with Gasteiger partial charge in [-0.2, -0.15) is 0 Å². The molecule has 0 bridgehead atoms. The average Bonchev–Trinajstić information content (AvgIpc) is 2.77. The molecular formula is C25H48O6. The third-order valence-corrected chi connectivity index (χ3v) is 5.47. The highest BCUT2D eigenvalue weighted by Crippen LogP contribution is 2.14. The largest absolute Gasteiger partial charge is 0.460 e. The standard InChI is InChI=1S/C25H48O6/c1-3-5-7-9-10-11-12-13-14-15-17-19-24(28)31-23(18-16-8-6-4-2)25(29)30-21-22(27)20-26/h22-23,26-27H,3-21H2,1-2H3. The summed E-state index contributed by atoms with van der Waals surface area (Å²) in [5, 5.41) is 18.2. The molecule has 0 fully saturated rings. The van der Waals surface area contributed by atoms with E-state index in [0.717, 1.165) is 44.9 Å². The Balaban J connectivity index is 4.02. The van der Waals surface area contributed by atoms with E-state index in [0.29, 0.717) is 12.8 Å². The molecule has 0 radical (unpaired) electrons. The molecule has 6 nitrogen and oxygen atoms in total. The number of carbonyl (C=O) groups is 2. The number of unbranched alkanes of at least 4 members (excludes halogenated alkanes) is 13. The highest BCUT2D eigenvalue weighted by atomic mass is 16.6. The Morgan fingerprint density at radius 3 is 1.74 bits per heavy atom. The van der Waals surface area contributed by atoms with Crippen LogP contribution >= 0.6 is 0 Å². The van der Waals surface area contributed by atoms with Crippen molar-refractivity contribution in [2.75, 3.05) is 13.2 Å². The molecule has 0 aromatic rings. The summed E-state index contributed by atoms with van der Waals surface area (Å²) in [5.74, 6) is -1.01. The molecule has 0 aliphatic carbocycles. The summed E-state index contributed by atoms with van der Waals surface area (Å²) in [4.78, 5) is 24.4. The van der Waals surface area contributed by atoms with Crippen LogP contribution in [0.2, 0.25) is 0 Å². The lowest BCUT2D eigenvalue weighted by atomic mass is 10.1. The number of hydrogen-bond acceptors (Lipinski definition) is 6. The van der Waals surface area contributed by atoms with Crippen molar-refractivity contribution in [1.29, 1.82) is 0 Å². The smallest absolute Gasteiger partial charge is 0.347 e. The molecule has 0 aliphatic rings. The van der Waals surface area contributed by atoms with Crippen molar-refractivity contribution >= 4 is 11.9 Å². The van der Waals surface area contributed by atoms with Crippen LogP contribution in [0.5, 0.6) is 0 Å². The van der Waals surface area contributed by atoms with Gasteiger partial charge in [-0.05, 0) is 19.3 Å². The first-order chi connectivity index (χ1) is 15.0. The lowest BCUT2D eigenvalue weighted by Gasteiger charge is -2.18. The van der Waals surface area contributed by atoms with Crippen LogP contribution in [-0.2, 0) is 19.1 Å². The van der Waals surface area contributed by atoms with Crippen LogP contribution in [0.3, 0.4) is 0 Å². The Hall–Kier alpha value is -1.14. The molecule has 6 heteroatoms. The van der Waals surface area contributed by atoms with E-state index in [1.54, 1.807) is 0 Å². The molecule has 2 unspecified atom stereocenters. The minimum absolute atomic E-state index is 0.295. The van der Waals surface area contributed by atoms with Crippen molar-refractivity contribution in [2.45, 2.75) is 135 Å². The van der Waals surface area contributed by atoms with Crippen LogP contribution in [0.4, 0.5) is 0 Å². The van der Waals surface area contributed by atoms with E-state index in [1.165, 1.54) is 51.4 Å². The first-order valence-electron chi connectivity index (χ1n) is 12.7. The van der Waals surface area contributed by atoms with Crippen molar-refractivity contribution in [1.82, 2.24) is 0 Å². The van der Waals surface area contributed by atoms with Gasteiger partial charge in [-0.1, -0.05) is 97.3 Å². The first kappa shape index (κ1) is 29.9. The highest BCUT2D eigenvalue weighted by molar-refractivity contribution is 5.79. The fourth-order valence-electron chi connectivity index (χ4n) is 3.46. The zero-order valence-corrected chi connectivity index (χ0v) is 20.1. The third-order valence-electron chi connectivity index (χ3n) is 5.47. The fourth-order valence-corrected chi connectivity index (χ4v) is 3.46. The van der Waals surface area contributed by atoms with Gasteiger partial charge < -0.3 is 19.7 Å². The summed E-state index contributed by atoms with van der Waals surface area (Å²) < 4.78 is 10.4. The maximum absolute atomic E-state index is 12.2. The highest BCUT2D eigenvalue weighted by Gasteiger charge is 2.24. The second-order valence-corrected chi connectivity index (χ2v) is 8.58. The van der Waals surface area contributed by atoms with Crippen LogP contribution in [-0.4, -0.2) is 47.6 Å². The third kappa shape index (κ3) is 19.3. The summed E-state index contributed by atoms with van der Waals surface area (Å²) in [6, 6.07) is 0. The van der Waals surface area contributed by atoms with Crippen LogP contribution in [0.25, 0.3) is 0 Å². The maximum atomic E-state index is 12.2. The second kappa shape index (κ2) is 22.1. The molecule has 0 spiro atoms. The lowest BCUT2D eigenvalue weighted by molar-refractivity contribution is -0.170. The SMILES string of the molecule is CCCCCCCCCCCCCC(=O)OC(CCCCCC)C(=O)OCC(O)CO. The van der Waals surface area contributed by atoms with Gasteiger partial charge in [0, 0.05) is 6.42 Å². The zero-order valence-electron chi connectivity index (χ0n) is 20.1. The van der Waals surface area contributed by atoms with Gasteiger partial charge in [-0.25, -0.2) is 4.79 Å². The summed E-state index contributed by atoms with van der Waals surface area (Å²) in [7, 11) is 0. The number of carbonyl (C=O) groups excluding carboxylic acids is 2. The molecule has 0 rings (SSSR count). The molecule has 0 saturated heterocycles. The number of ether oxygens (including phenoxy) is 2. The van der Waals surface area contributed by atoms with Gasteiger partial charge >= 0.3 is 11.9 Å². The minimum atomic E-state index is -1.11. The van der Waals surface area contributed by atoms with Gasteiger partial charge in [0.15, 0.2) is 6.10 Å². The van der Waals surface area contributed by atoms with E-state index in [1.807, 2.05) is 0 Å². The average molecular weight is 445 g/mol. The molecule has 0 aromatic carbocycles. The monoisotopic (exact) mass is 444 g/mol. The molecule has 31 heavy (non-hydrogen) atoms. The summed E-state index contributed by atoms with van der Waals surface area (Å²) in [5.41, 5.74) is 0. The van der Waals surface area contributed by atoms with Gasteiger partial charge in [-0.15, -0.1) is 0 Å². The Kier molecular flexibility index (Phi) is 21.3. The molecule has 0 aliphatic heterocycles. The predicted molar refractivity (Wildman–Crippen MR) is 124 cm³/mol. The zero-order chi connectivity index (χ0) is 23.2. The molecule has 184 valence electrons. The van der Waals surface area contributed by atoms with Crippen molar-refractivity contribution in [2.24, 2.45) is 0 Å². The number of aliphatic hydroxyl groups excluding tert-OH is 2. The molecule has 2 N–H and O–H groups in total. The number of aliphatic hydroxyl groups is 2. The van der Waals surface area contributed by atoms with E-state index in [-0.39, 0.29) is 12.6 Å². The number of hydrogen-bond donors (Lipinski definition) is 2. The van der Waals surface area contributed by atoms with Gasteiger partial charge in [0.2, 0.25) is 0 Å². The Labute approximate surface area is 190 Å². The first-order valence-corrected chi connectivity index (χ1v) is 12.7. The predicted octanol–water partition coefficient (Wildman–Crippen LogP) is 5.47. The second-order valence-electron chi connectivity index (χ2n) is 8.58. The van der Waals surface area contributed by atoms with Crippen molar-refractivity contribution in [3.05, 3.63) is 0 Å². The van der Waals surface area contributed by atoms with Crippen LogP contribution < -0.4 is 0 Å². The van der Waals surface area contributed by atoms with Crippen LogP contribution in [0.1, 0.15) is 123 Å². The van der Waals surface area contributed by atoms with Gasteiger partial charge in [-0.3, -0.25) is 4.79 Å². The van der Waals surface area contributed by atoms with E-state index in [2.05, 4.69) is 13.8 Å². The molecule has 2 atom stereocenters. The molecule has 0 amide bonds. The van der Waals surface area contributed by atoms with Gasteiger partial charge in [0.25, 0.3) is 0 Å². The summed E-state index contributed by atoms with van der Waals surface area (Å²) >= 11 is 0. The quantitative estimate of drug-likeness (QED) is 0.170. The Morgan fingerprint density at radius 2 is 1.23 bits per heavy atom. The van der Waals surface area contributed by atoms with Crippen molar-refractivity contribution in [3.8, 4) is 0 Å². The number of esters is 2. The molecular weight excluding hydrogens is 396 g/mol. The summed E-state index contributed by atoms with van der Waals surface area (Å²) in [6.07, 6.45) is 15.9. The van der Waals surface area contributed by atoms with E-state index < -0.39 is 24.8 Å². The minimum Gasteiger partial charge on any atom is -0.460 e. The van der Waals surface area contributed by atoms with Crippen LogP contribution in [0.15, 0.2) is 0 Å². The topological polar surface area (TPSA) is 93.1 Å². The fraction of sp³-hybridized carbons (Fsp3) is 0.920. The summed E-state index contributed by atoms with van der Waals surface area (Å²) in [6.45, 7) is 3.57. The maximum Gasteiger partial charge on any atom is 0.347 e.